The molecule has 0 unspecified atom stereocenters. The van der Waals surface area contributed by atoms with Crippen LogP contribution in [0, 0.1) is 0 Å². The number of para-hydroxylation sites is 1. The van der Waals surface area contributed by atoms with Gasteiger partial charge >= 0.3 is 0 Å². The second kappa shape index (κ2) is 6.20. The van der Waals surface area contributed by atoms with Crippen molar-refractivity contribution in [1.29, 1.82) is 0 Å². The predicted molar refractivity (Wildman–Crippen MR) is 79.0 cm³/mol. The molecule has 0 atom stereocenters. The molecule has 20 heavy (non-hydrogen) atoms. The number of hydrogen-bond donors (Lipinski definition) is 1. The molecule has 1 aromatic heterocycles. The van der Waals surface area contributed by atoms with Crippen LogP contribution in [0.4, 0.5) is 0 Å². The zero-order valence-electron chi connectivity index (χ0n) is 11.8. The normalized spacial score (nSPS) is 16.4. The van der Waals surface area contributed by atoms with Crippen LogP contribution in [0.2, 0.25) is 0 Å². The first kappa shape index (κ1) is 13.3. The monoisotopic (exact) mass is 272 g/mol. The van der Waals surface area contributed by atoms with Crippen molar-refractivity contribution in [2.75, 3.05) is 20.3 Å². The van der Waals surface area contributed by atoms with Gasteiger partial charge in [-0.05, 0) is 18.7 Å². The summed E-state index contributed by atoms with van der Waals surface area (Å²) < 4.78 is 11.4. The van der Waals surface area contributed by atoms with Gasteiger partial charge in [0.25, 0.3) is 0 Å². The van der Waals surface area contributed by atoms with Crippen LogP contribution < -0.4 is 10.1 Å². The summed E-state index contributed by atoms with van der Waals surface area (Å²) in [6.07, 6.45) is 2.10. The fourth-order valence-electron chi connectivity index (χ4n) is 2.58. The van der Waals surface area contributed by atoms with Crippen molar-refractivity contribution in [3.63, 3.8) is 0 Å². The highest BCUT2D eigenvalue weighted by Crippen LogP contribution is 2.24. The van der Waals surface area contributed by atoms with Gasteiger partial charge in [0.2, 0.25) is 5.88 Å². The maximum Gasteiger partial charge on any atom is 0.214 e. The lowest BCUT2D eigenvalue weighted by Crippen LogP contribution is -2.26. The third-order valence-corrected chi connectivity index (χ3v) is 3.60. The Balaban J connectivity index is 1.90. The molecule has 1 aromatic carbocycles. The second-order valence-corrected chi connectivity index (χ2v) is 5.10. The molecule has 0 spiro atoms. The van der Waals surface area contributed by atoms with E-state index in [1.54, 1.807) is 0 Å². The minimum Gasteiger partial charge on any atom is -0.474 e. The van der Waals surface area contributed by atoms with Crippen LogP contribution in [0.15, 0.2) is 30.3 Å². The molecule has 106 valence electrons. The summed E-state index contributed by atoms with van der Waals surface area (Å²) in [5.74, 6) is 0.723. The molecule has 2 heterocycles. The van der Waals surface area contributed by atoms with Crippen LogP contribution in [0.25, 0.3) is 10.9 Å². The van der Waals surface area contributed by atoms with Gasteiger partial charge in [0.05, 0.1) is 18.7 Å². The van der Waals surface area contributed by atoms with Gasteiger partial charge in [-0.15, -0.1) is 0 Å². The van der Waals surface area contributed by atoms with E-state index in [1.165, 1.54) is 10.9 Å². The minimum atomic E-state index is 0.222. The van der Waals surface area contributed by atoms with E-state index in [0.717, 1.165) is 44.0 Å². The highest BCUT2D eigenvalue weighted by Gasteiger charge is 2.16. The molecule has 0 amide bonds. The van der Waals surface area contributed by atoms with Gasteiger partial charge in [-0.25, -0.2) is 4.98 Å². The third-order valence-electron chi connectivity index (χ3n) is 3.60. The van der Waals surface area contributed by atoms with E-state index < -0.39 is 0 Å². The lowest BCUT2D eigenvalue weighted by molar-refractivity contribution is 0.0238. The SMILES string of the molecule is CNCc1cc(OC2CCOCC2)nc2ccccc12. The van der Waals surface area contributed by atoms with E-state index in [9.17, 15) is 0 Å². The Kier molecular flexibility index (Phi) is 4.14. The highest BCUT2D eigenvalue weighted by atomic mass is 16.5. The molecular weight excluding hydrogens is 252 g/mol. The Bertz CT molecular complexity index is 580. The number of ether oxygens (including phenoxy) is 2. The molecule has 0 bridgehead atoms. The van der Waals surface area contributed by atoms with Crippen molar-refractivity contribution in [1.82, 2.24) is 10.3 Å². The molecule has 4 nitrogen and oxygen atoms in total. The topological polar surface area (TPSA) is 43.4 Å². The van der Waals surface area contributed by atoms with E-state index in [1.807, 2.05) is 31.3 Å². The van der Waals surface area contributed by atoms with Crippen LogP contribution in [-0.2, 0) is 11.3 Å². The molecule has 0 radical (unpaired) electrons. The molecule has 1 N–H and O–H groups in total. The van der Waals surface area contributed by atoms with Gasteiger partial charge in [0.1, 0.15) is 6.10 Å². The van der Waals surface area contributed by atoms with Crippen LogP contribution >= 0.6 is 0 Å². The van der Waals surface area contributed by atoms with Gasteiger partial charge in [-0.1, -0.05) is 18.2 Å². The largest absolute Gasteiger partial charge is 0.474 e. The zero-order valence-corrected chi connectivity index (χ0v) is 11.8. The van der Waals surface area contributed by atoms with E-state index in [4.69, 9.17) is 9.47 Å². The summed E-state index contributed by atoms with van der Waals surface area (Å²) in [6, 6.07) is 10.2. The molecule has 1 aliphatic rings. The lowest BCUT2D eigenvalue weighted by atomic mass is 10.1. The van der Waals surface area contributed by atoms with Crippen LogP contribution in [-0.4, -0.2) is 31.3 Å². The minimum absolute atomic E-state index is 0.222. The van der Waals surface area contributed by atoms with E-state index in [-0.39, 0.29) is 6.10 Å². The fraction of sp³-hybridized carbons (Fsp3) is 0.438. The van der Waals surface area contributed by atoms with Crippen molar-refractivity contribution in [2.45, 2.75) is 25.5 Å². The molecule has 0 aliphatic carbocycles. The molecular formula is C16H20N2O2. The van der Waals surface area contributed by atoms with Crippen LogP contribution in [0.3, 0.4) is 0 Å². The van der Waals surface area contributed by atoms with Crippen molar-refractivity contribution >= 4 is 10.9 Å². The predicted octanol–water partition coefficient (Wildman–Crippen LogP) is 2.51. The first-order chi connectivity index (χ1) is 9.86. The number of hydrogen-bond acceptors (Lipinski definition) is 4. The van der Waals surface area contributed by atoms with E-state index in [2.05, 4.69) is 16.4 Å². The van der Waals surface area contributed by atoms with Crippen molar-refractivity contribution in [3.8, 4) is 5.88 Å². The first-order valence-corrected chi connectivity index (χ1v) is 7.14. The Morgan fingerprint density at radius 1 is 1.30 bits per heavy atom. The molecule has 2 aromatic rings. The number of nitrogens with one attached hydrogen (secondary N) is 1. The van der Waals surface area contributed by atoms with Crippen LogP contribution in [0.5, 0.6) is 5.88 Å². The molecule has 1 saturated heterocycles. The Hall–Kier alpha value is -1.65. The smallest absolute Gasteiger partial charge is 0.214 e. The molecule has 0 saturated carbocycles. The van der Waals surface area contributed by atoms with Crippen molar-refractivity contribution < 1.29 is 9.47 Å². The van der Waals surface area contributed by atoms with Crippen LogP contribution in [0.1, 0.15) is 18.4 Å². The summed E-state index contributed by atoms with van der Waals surface area (Å²) in [5.41, 5.74) is 2.21. The third kappa shape index (κ3) is 2.92. The Morgan fingerprint density at radius 3 is 2.90 bits per heavy atom. The summed E-state index contributed by atoms with van der Waals surface area (Å²) >= 11 is 0. The standard InChI is InChI=1S/C16H20N2O2/c1-17-11-12-10-16(20-13-6-8-19-9-7-13)18-15-5-3-2-4-14(12)15/h2-5,10,13,17H,6-9,11H2,1H3. The highest BCUT2D eigenvalue weighted by molar-refractivity contribution is 5.82. The average molecular weight is 272 g/mol. The fourth-order valence-corrected chi connectivity index (χ4v) is 2.58. The van der Waals surface area contributed by atoms with E-state index in [0.29, 0.717) is 0 Å². The summed E-state index contributed by atoms with van der Waals surface area (Å²) in [6.45, 7) is 2.37. The zero-order chi connectivity index (χ0) is 13.8. The maximum atomic E-state index is 6.03. The number of aromatic nitrogens is 1. The molecule has 4 heteroatoms. The summed E-state index contributed by atoms with van der Waals surface area (Å²) in [4.78, 5) is 4.62. The lowest BCUT2D eigenvalue weighted by Gasteiger charge is -2.23. The number of benzene rings is 1. The van der Waals surface area contributed by atoms with Crippen molar-refractivity contribution in [3.05, 3.63) is 35.9 Å². The molecule has 1 aliphatic heterocycles. The van der Waals surface area contributed by atoms with Crippen molar-refractivity contribution in [2.24, 2.45) is 0 Å². The van der Waals surface area contributed by atoms with Gasteiger partial charge in [-0.2, -0.15) is 0 Å². The average Bonchev–Trinajstić information content (AvgIpc) is 2.49. The second-order valence-electron chi connectivity index (χ2n) is 5.10. The first-order valence-electron chi connectivity index (χ1n) is 7.14. The molecule has 1 fully saturated rings. The van der Waals surface area contributed by atoms with E-state index >= 15 is 0 Å². The number of nitrogens with zero attached hydrogens (tertiary/aromatic N) is 1. The van der Waals surface area contributed by atoms with Gasteiger partial charge < -0.3 is 14.8 Å². The number of fused-ring (bicyclic) bond motifs is 1. The summed E-state index contributed by atoms with van der Waals surface area (Å²) in [5, 5.41) is 4.39. The Morgan fingerprint density at radius 2 is 2.10 bits per heavy atom. The van der Waals surface area contributed by atoms with Gasteiger partial charge in [0.15, 0.2) is 0 Å². The Labute approximate surface area is 119 Å². The summed E-state index contributed by atoms with van der Waals surface area (Å²) in [7, 11) is 1.95. The number of pyridine rings is 1. The number of rotatable bonds is 4. The van der Waals surface area contributed by atoms with Gasteiger partial charge in [-0.3, -0.25) is 0 Å². The molecule has 3 rings (SSSR count). The quantitative estimate of drug-likeness (QED) is 0.928. The maximum absolute atomic E-state index is 6.03. The van der Waals surface area contributed by atoms with Gasteiger partial charge in [0, 0.05) is 30.8 Å².